The van der Waals surface area contributed by atoms with Gasteiger partial charge in [0.1, 0.15) is 5.75 Å². The summed E-state index contributed by atoms with van der Waals surface area (Å²) in [5.41, 5.74) is 7.42. The number of hydrogen-bond acceptors (Lipinski definition) is 2. The van der Waals surface area contributed by atoms with E-state index in [0.29, 0.717) is 0 Å². The largest absolute Gasteiger partial charge is 0.491 e. The summed E-state index contributed by atoms with van der Waals surface area (Å²) in [6.45, 7) is 6.32. The second-order valence-corrected chi connectivity index (χ2v) is 5.16. The van der Waals surface area contributed by atoms with Crippen LogP contribution in [0.25, 0.3) is 0 Å². The van der Waals surface area contributed by atoms with Gasteiger partial charge in [0, 0.05) is 11.6 Å². The van der Waals surface area contributed by atoms with Crippen molar-refractivity contribution in [3.05, 3.63) is 29.8 Å². The van der Waals surface area contributed by atoms with E-state index in [4.69, 9.17) is 10.5 Å². The number of nitrogens with two attached hydrogens (primary N) is 1. The quantitative estimate of drug-likeness (QED) is 0.691. The fourth-order valence-corrected chi connectivity index (χ4v) is 2.09. The summed E-state index contributed by atoms with van der Waals surface area (Å²) < 4.78 is 5.81. The Labute approximate surface area is 112 Å². The molecule has 0 heterocycles. The fraction of sp³-hybridized carbons (Fsp3) is 0.625. The lowest BCUT2D eigenvalue weighted by molar-refractivity contribution is 0.238. The SMILES string of the molecule is CCCCCCC(N)c1ccccc1OC(C)C. The van der Waals surface area contributed by atoms with Crippen molar-refractivity contribution >= 4 is 0 Å². The highest BCUT2D eigenvalue weighted by Crippen LogP contribution is 2.27. The zero-order valence-corrected chi connectivity index (χ0v) is 12.0. The van der Waals surface area contributed by atoms with E-state index in [9.17, 15) is 0 Å². The first-order valence-corrected chi connectivity index (χ1v) is 7.16. The Morgan fingerprint density at radius 2 is 1.83 bits per heavy atom. The second-order valence-electron chi connectivity index (χ2n) is 5.16. The highest BCUT2D eigenvalue weighted by atomic mass is 16.5. The Bertz CT molecular complexity index is 336. The highest BCUT2D eigenvalue weighted by Gasteiger charge is 2.12. The molecular formula is C16H27NO. The molecule has 0 saturated heterocycles. The predicted octanol–water partition coefficient (Wildman–Crippen LogP) is 4.44. The third kappa shape index (κ3) is 5.09. The summed E-state index contributed by atoms with van der Waals surface area (Å²) in [5, 5.41) is 0. The summed E-state index contributed by atoms with van der Waals surface area (Å²) >= 11 is 0. The number of benzene rings is 1. The van der Waals surface area contributed by atoms with Crippen molar-refractivity contribution in [1.82, 2.24) is 0 Å². The van der Waals surface area contributed by atoms with Crippen molar-refractivity contribution in [1.29, 1.82) is 0 Å². The normalized spacial score (nSPS) is 12.7. The third-order valence-electron chi connectivity index (χ3n) is 3.05. The van der Waals surface area contributed by atoms with Gasteiger partial charge in [0.15, 0.2) is 0 Å². The number of para-hydroxylation sites is 1. The minimum Gasteiger partial charge on any atom is -0.491 e. The number of ether oxygens (including phenoxy) is 1. The van der Waals surface area contributed by atoms with Crippen LogP contribution in [0, 0.1) is 0 Å². The van der Waals surface area contributed by atoms with Crippen LogP contribution in [0.15, 0.2) is 24.3 Å². The summed E-state index contributed by atoms with van der Waals surface area (Å²) in [6.07, 6.45) is 6.28. The molecule has 0 aliphatic carbocycles. The lowest BCUT2D eigenvalue weighted by Gasteiger charge is -2.18. The molecule has 1 atom stereocenters. The van der Waals surface area contributed by atoms with Crippen molar-refractivity contribution < 1.29 is 4.74 Å². The van der Waals surface area contributed by atoms with Crippen LogP contribution in [0.4, 0.5) is 0 Å². The molecule has 0 fully saturated rings. The van der Waals surface area contributed by atoms with Gasteiger partial charge in [-0.25, -0.2) is 0 Å². The maximum atomic E-state index is 6.27. The summed E-state index contributed by atoms with van der Waals surface area (Å²) in [6, 6.07) is 8.24. The molecule has 1 aromatic rings. The Balaban J connectivity index is 2.57. The number of hydrogen-bond donors (Lipinski definition) is 1. The van der Waals surface area contributed by atoms with Crippen LogP contribution in [-0.2, 0) is 0 Å². The lowest BCUT2D eigenvalue weighted by Crippen LogP contribution is -2.14. The van der Waals surface area contributed by atoms with E-state index in [-0.39, 0.29) is 12.1 Å². The van der Waals surface area contributed by atoms with Gasteiger partial charge in [0.25, 0.3) is 0 Å². The predicted molar refractivity (Wildman–Crippen MR) is 77.9 cm³/mol. The molecule has 0 amide bonds. The first-order chi connectivity index (χ1) is 8.65. The van der Waals surface area contributed by atoms with E-state index in [1.807, 2.05) is 32.0 Å². The van der Waals surface area contributed by atoms with Gasteiger partial charge in [-0.05, 0) is 26.3 Å². The minimum absolute atomic E-state index is 0.0943. The highest BCUT2D eigenvalue weighted by molar-refractivity contribution is 5.35. The van der Waals surface area contributed by atoms with Gasteiger partial charge >= 0.3 is 0 Å². The van der Waals surface area contributed by atoms with Crippen LogP contribution in [0.2, 0.25) is 0 Å². The molecule has 0 aliphatic heterocycles. The standard InChI is InChI=1S/C16H27NO/c1-4-5-6-7-11-15(17)14-10-8-9-12-16(14)18-13(2)3/h8-10,12-13,15H,4-7,11,17H2,1-3H3. The van der Waals surface area contributed by atoms with Gasteiger partial charge in [-0.2, -0.15) is 0 Å². The van der Waals surface area contributed by atoms with Gasteiger partial charge in [-0.15, -0.1) is 0 Å². The van der Waals surface area contributed by atoms with E-state index >= 15 is 0 Å². The molecule has 18 heavy (non-hydrogen) atoms. The van der Waals surface area contributed by atoms with E-state index in [2.05, 4.69) is 13.0 Å². The molecule has 0 bridgehead atoms. The van der Waals surface area contributed by atoms with Crippen LogP contribution in [0.5, 0.6) is 5.75 Å². The van der Waals surface area contributed by atoms with Crippen LogP contribution >= 0.6 is 0 Å². The zero-order valence-electron chi connectivity index (χ0n) is 12.0. The Morgan fingerprint density at radius 1 is 1.11 bits per heavy atom. The molecule has 2 nitrogen and oxygen atoms in total. The van der Waals surface area contributed by atoms with Crippen LogP contribution < -0.4 is 10.5 Å². The lowest BCUT2D eigenvalue weighted by atomic mass is 10.00. The van der Waals surface area contributed by atoms with Crippen LogP contribution in [-0.4, -0.2) is 6.10 Å². The van der Waals surface area contributed by atoms with E-state index in [1.54, 1.807) is 0 Å². The summed E-state index contributed by atoms with van der Waals surface area (Å²) in [7, 11) is 0. The molecule has 0 aliphatic rings. The van der Waals surface area contributed by atoms with E-state index in [0.717, 1.165) is 17.7 Å². The molecule has 102 valence electrons. The van der Waals surface area contributed by atoms with E-state index in [1.165, 1.54) is 25.7 Å². The molecule has 2 N–H and O–H groups in total. The number of unbranched alkanes of at least 4 members (excludes halogenated alkanes) is 3. The second kappa shape index (κ2) is 8.15. The first kappa shape index (κ1) is 15.0. The first-order valence-electron chi connectivity index (χ1n) is 7.16. The maximum Gasteiger partial charge on any atom is 0.124 e. The average Bonchev–Trinajstić information content (AvgIpc) is 2.34. The summed E-state index contributed by atoms with van der Waals surface area (Å²) in [5.74, 6) is 0.940. The molecule has 0 radical (unpaired) electrons. The Kier molecular flexibility index (Phi) is 6.81. The Hall–Kier alpha value is -1.02. The zero-order chi connectivity index (χ0) is 13.4. The fourth-order valence-electron chi connectivity index (χ4n) is 2.09. The van der Waals surface area contributed by atoms with Gasteiger partial charge in [-0.3, -0.25) is 0 Å². The molecule has 0 saturated carbocycles. The van der Waals surface area contributed by atoms with Crippen LogP contribution in [0.1, 0.15) is 64.5 Å². The average molecular weight is 249 g/mol. The molecule has 1 aromatic carbocycles. The van der Waals surface area contributed by atoms with E-state index < -0.39 is 0 Å². The third-order valence-corrected chi connectivity index (χ3v) is 3.05. The Morgan fingerprint density at radius 3 is 2.50 bits per heavy atom. The van der Waals surface area contributed by atoms with Gasteiger partial charge in [0.2, 0.25) is 0 Å². The summed E-state index contributed by atoms with van der Waals surface area (Å²) in [4.78, 5) is 0. The number of rotatable bonds is 8. The van der Waals surface area contributed by atoms with Crippen molar-refractivity contribution in [2.45, 2.75) is 65.0 Å². The van der Waals surface area contributed by atoms with Crippen molar-refractivity contribution in [2.24, 2.45) is 5.73 Å². The molecule has 1 unspecified atom stereocenters. The molecule has 0 aromatic heterocycles. The molecule has 2 heteroatoms. The van der Waals surface area contributed by atoms with Gasteiger partial charge < -0.3 is 10.5 Å². The monoisotopic (exact) mass is 249 g/mol. The molecule has 0 spiro atoms. The van der Waals surface area contributed by atoms with Crippen molar-refractivity contribution in [2.75, 3.05) is 0 Å². The maximum absolute atomic E-state index is 6.27. The van der Waals surface area contributed by atoms with Crippen molar-refractivity contribution in [3.8, 4) is 5.75 Å². The molecule has 1 rings (SSSR count). The van der Waals surface area contributed by atoms with Crippen LogP contribution in [0.3, 0.4) is 0 Å². The molecular weight excluding hydrogens is 222 g/mol. The van der Waals surface area contributed by atoms with Gasteiger partial charge in [-0.1, -0.05) is 50.8 Å². The van der Waals surface area contributed by atoms with Gasteiger partial charge in [0.05, 0.1) is 6.10 Å². The van der Waals surface area contributed by atoms with Crippen molar-refractivity contribution in [3.63, 3.8) is 0 Å². The smallest absolute Gasteiger partial charge is 0.124 e. The topological polar surface area (TPSA) is 35.2 Å². The minimum atomic E-state index is 0.0943.